The van der Waals surface area contributed by atoms with Crippen LogP contribution < -0.4 is 5.32 Å². The summed E-state index contributed by atoms with van der Waals surface area (Å²) in [6.45, 7) is 2.57. The first-order valence-corrected chi connectivity index (χ1v) is 13.8. The van der Waals surface area contributed by atoms with Crippen molar-refractivity contribution < 1.29 is 41.2 Å². The molecule has 14 nitrogen and oxygen atoms in total. The topological polar surface area (TPSA) is 191 Å². The van der Waals surface area contributed by atoms with E-state index in [1.807, 2.05) is 0 Å². The fraction of sp³-hybridized carbons (Fsp3) is 0.292. The summed E-state index contributed by atoms with van der Waals surface area (Å²) >= 11 is 6.16. The molecule has 40 heavy (non-hydrogen) atoms. The number of oxazole rings is 2. The van der Waals surface area contributed by atoms with Gasteiger partial charge in [0.25, 0.3) is 17.3 Å². The normalized spacial score (nSPS) is 15.6. The summed E-state index contributed by atoms with van der Waals surface area (Å²) in [5.74, 6) is 3.88. The number of hydrogen-bond donors (Lipinski definition) is 2. The number of aromatic nitrogens is 3. The number of carboxylic acids is 1. The summed E-state index contributed by atoms with van der Waals surface area (Å²) in [6, 6.07) is 6.96. The number of fused-ring (bicyclic) bond motifs is 1. The van der Waals surface area contributed by atoms with Gasteiger partial charge >= 0.3 is 12.1 Å². The van der Waals surface area contributed by atoms with Crippen LogP contribution in [0.3, 0.4) is 0 Å². The molecule has 4 heterocycles. The lowest BCUT2D eigenvalue weighted by molar-refractivity contribution is -0.149. The van der Waals surface area contributed by atoms with Crippen LogP contribution in [-0.2, 0) is 25.0 Å². The quantitative estimate of drug-likeness (QED) is 0.313. The van der Waals surface area contributed by atoms with Gasteiger partial charge in [0.1, 0.15) is 11.8 Å². The number of sulfonamides is 1. The monoisotopic (exact) mass is 589 g/mol. The first kappa shape index (κ1) is 27.2. The van der Waals surface area contributed by atoms with Crippen molar-refractivity contribution in [1.82, 2.24) is 19.4 Å². The minimum absolute atomic E-state index is 0.0588. The average Bonchev–Trinajstić information content (AvgIpc) is 3.50. The van der Waals surface area contributed by atoms with E-state index >= 15 is 0 Å². The van der Waals surface area contributed by atoms with Gasteiger partial charge in [0.05, 0.1) is 6.26 Å². The molecule has 2 N–H and O–H groups in total. The van der Waals surface area contributed by atoms with E-state index in [2.05, 4.69) is 32.3 Å². The van der Waals surface area contributed by atoms with Gasteiger partial charge in [0.2, 0.25) is 15.9 Å². The molecule has 1 aliphatic heterocycles. The molecule has 1 atom stereocenters. The fourth-order valence-electron chi connectivity index (χ4n) is 3.93. The molecule has 0 spiro atoms. The third-order valence-electron chi connectivity index (χ3n) is 6.16. The molecule has 1 fully saturated rings. The number of carbonyl (C=O) groups excluding carboxylic acids is 1. The highest BCUT2D eigenvalue weighted by atomic mass is 35.5. The van der Waals surface area contributed by atoms with E-state index in [-0.39, 0.29) is 53.4 Å². The zero-order valence-electron chi connectivity index (χ0n) is 21.1. The number of rotatable bonds is 6. The van der Waals surface area contributed by atoms with Gasteiger partial charge in [0.15, 0.2) is 16.9 Å². The molecule has 208 valence electrons. The molecule has 1 unspecified atom stereocenters. The van der Waals surface area contributed by atoms with Crippen molar-refractivity contribution in [2.45, 2.75) is 25.4 Å². The van der Waals surface area contributed by atoms with Gasteiger partial charge in [-0.25, -0.2) is 13.2 Å². The Morgan fingerprint density at radius 2 is 1.90 bits per heavy atom. The van der Waals surface area contributed by atoms with Crippen molar-refractivity contribution in [2.75, 3.05) is 24.7 Å². The maximum absolute atomic E-state index is 12.5. The first-order valence-electron chi connectivity index (χ1n) is 11.5. The van der Waals surface area contributed by atoms with Crippen LogP contribution in [0, 0.1) is 18.8 Å². The smallest absolute Gasteiger partial charge is 0.412 e. The summed E-state index contributed by atoms with van der Waals surface area (Å²) < 4.78 is 45.9. The number of amides is 1. The van der Waals surface area contributed by atoms with E-state index in [9.17, 15) is 23.1 Å². The van der Waals surface area contributed by atoms with E-state index < -0.39 is 33.6 Å². The van der Waals surface area contributed by atoms with Crippen molar-refractivity contribution in [3.63, 3.8) is 0 Å². The van der Waals surface area contributed by atoms with Crippen LogP contribution in [0.25, 0.3) is 11.4 Å². The molecule has 5 rings (SSSR count). The number of carboxylic acid groups (broad SMARTS) is 1. The van der Waals surface area contributed by atoms with E-state index in [0.29, 0.717) is 10.6 Å². The van der Waals surface area contributed by atoms with Gasteiger partial charge in [-0.1, -0.05) is 35.0 Å². The second-order valence-electron chi connectivity index (χ2n) is 8.97. The van der Waals surface area contributed by atoms with Gasteiger partial charge < -0.3 is 23.2 Å². The van der Waals surface area contributed by atoms with Crippen LogP contribution >= 0.6 is 11.6 Å². The zero-order valence-corrected chi connectivity index (χ0v) is 22.7. The van der Waals surface area contributed by atoms with Crippen LogP contribution in [0.1, 0.15) is 41.8 Å². The van der Waals surface area contributed by atoms with Crippen molar-refractivity contribution in [3.05, 3.63) is 58.1 Å². The number of aryl methyl sites for hydroxylation is 1. The summed E-state index contributed by atoms with van der Waals surface area (Å²) in [6.07, 6.45) is -0.447. The molecule has 0 bridgehead atoms. The Balaban J connectivity index is 1.31. The molecule has 16 heteroatoms. The van der Waals surface area contributed by atoms with E-state index in [4.69, 9.17) is 29.7 Å². The number of halogens is 1. The molecule has 0 saturated carbocycles. The summed E-state index contributed by atoms with van der Waals surface area (Å²) in [5.41, 5.74) is -1.04. The van der Waals surface area contributed by atoms with Gasteiger partial charge in [-0.3, -0.25) is 10.1 Å². The number of nitrogens with zero attached hydrogens (tertiary/aromatic N) is 4. The lowest BCUT2D eigenvalue weighted by Gasteiger charge is -2.42. The highest BCUT2D eigenvalue weighted by Gasteiger charge is 2.58. The van der Waals surface area contributed by atoms with Gasteiger partial charge in [-0.05, 0) is 25.8 Å². The van der Waals surface area contributed by atoms with Crippen LogP contribution in [0.4, 0.5) is 10.5 Å². The maximum Gasteiger partial charge on any atom is 0.412 e. The molecular weight excluding hydrogens is 570 g/mol. The Hall–Kier alpha value is -4.39. The van der Waals surface area contributed by atoms with Crippen molar-refractivity contribution in [3.8, 4) is 11.8 Å². The van der Waals surface area contributed by atoms with Crippen LogP contribution in [0.2, 0.25) is 5.02 Å². The standard InChI is InChI=1S/C24H20ClN5O9S/c1-12(14-6-4-5-7-15(14)25)36-23(33)27-18-13(2)39-29-16(18)8-9-17-26-19-20(37-17)28-21(38-19)24(22(31)32)10-30(11-24)40(3,34)35/h4-7,12H,10-11H2,1-3H3,(H,27,33)(H,31,32). The molecule has 0 radical (unpaired) electrons. The minimum Gasteiger partial charge on any atom is -0.480 e. The van der Waals surface area contributed by atoms with Gasteiger partial charge in [-0.2, -0.15) is 14.3 Å². The minimum atomic E-state index is -3.58. The SMILES string of the molecule is Cc1onc(C#Cc2nc3oc(C4(C(=O)O)CN(S(C)(=O)=O)C4)nc3o2)c1NC(=O)OC(C)c1ccccc1Cl. The molecule has 1 saturated heterocycles. The number of anilines is 1. The Morgan fingerprint density at radius 3 is 2.55 bits per heavy atom. The lowest BCUT2D eigenvalue weighted by atomic mass is 9.81. The Labute approximate surface area is 231 Å². The van der Waals surface area contributed by atoms with Crippen LogP contribution in [-0.4, -0.2) is 64.4 Å². The summed E-state index contributed by atoms with van der Waals surface area (Å²) in [4.78, 5) is 32.5. The average molecular weight is 590 g/mol. The Bertz CT molecular complexity index is 1780. The zero-order chi connectivity index (χ0) is 28.8. The molecule has 1 aliphatic rings. The maximum atomic E-state index is 12.5. The molecule has 3 aromatic heterocycles. The number of nitrogens with one attached hydrogen (secondary N) is 1. The number of ether oxygens (including phenoxy) is 1. The third kappa shape index (κ3) is 4.99. The van der Waals surface area contributed by atoms with Crippen molar-refractivity contribution >= 4 is 50.8 Å². The van der Waals surface area contributed by atoms with Gasteiger partial charge in [0, 0.05) is 29.6 Å². The van der Waals surface area contributed by atoms with Crippen LogP contribution in [0.15, 0.2) is 37.6 Å². The molecular formula is C24H20ClN5O9S. The predicted octanol–water partition coefficient (Wildman–Crippen LogP) is 3.07. The summed E-state index contributed by atoms with van der Waals surface area (Å²) in [5, 5.41) is 16.5. The molecule has 1 amide bonds. The second-order valence-corrected chi connectivity index (χ2v) is 11.4. The highest BCUT2D eigenvalue weighted by Crippen LogP contribution is 2.37. The van der Waals surface area contributed by atoms with Crippen molar-refractivity contribution in [2.24, 2.45) is 0 Å². The van der Waals surface area contributed by atoms with E-state index in [1.165, 1.54) is 0 Å². The number of carbonyl (C=O) groups is 2. The molecule has 1 aromatic carbocycles. The van der Waals surface area contributed by atoms with Crippen molar-refractivity contribution in [1.29, 1.82) is 0 Å². The van der Waals surface area contributed by atoms with Gasteiger partial charge in [-0.15, -0.1) is 0 Å². The summed E-state index contributed by atoms with van der Waals surface area (Å²) in [7, 11) is -3.58. The second kappa shape index (κ2) is 9.97. The van der Waals surface area contributed by atoms with Crippen LogP contribution in [0.5, 0.6) is 0 Å². The Kier molecular flexibility index (Phi) is 6.78. The number of aliphatic carboxylic acids is 1. The molecule has 4 aromatic rings. The third-order valence-corrected chi connectivity index (χ3v) is 7.70. The first-order chi connectivity index (χ1) is 18.9. The predicted molar refractivity (Wildman–Crippen MR) is 137 cm³/mol. The number of hydrogen-bond acceptors (Lipinski definition) is 11. The Morgan fingerprint density at radius 1 is 1.20 bits per heavy atom. The van der Waals surface area contributed by atoms with E-state index in [0.717, 1.165) is 10.6 Å². The highest BCUT2D eigenvalue weighted by molar-refractivity contribution is 7.88. The number of benzene rings is 1. The lowest BCUT2D eigenvalue weighted by Crippen LogP contribution is -2.64. The fourth-order valence-corrected chi connectivity index (χ4v) is 5.13. The largest absolute Gasteiger partial charge is 0.480 e. The van der Waals surface area contributed by atoms with E-state index in [1.54, 1.807) is 38.1 Å². The molecule has 0 aliphatic carbocycles.